The van der Waals surface area contributed by atoms with Crippen molar-refractivity contribution in [2.24, 2.45) is 0 Å². The summed E-state index contributed by atoms with van der Waals surface area (Å²) in [7, 11) is 6.36. The Morgan fingerprint density at radius 1 is 1.03 bits per heavy atom. The van der Waals surface area contributed by atoms with E-state index in [0.29, 0.717) is 54.3 Å². The molecule has 0 atom stereocenters. The van der Waals surface area contributed by atoms with Crippen LogP contribution in [0.4, 0.5) is 5.69 Å². The molecule has 0 saturated heterocycles. The number of aromatic nitrogens is 3. The summed E-state index contributed by atoms with van der Waals surface area (Å²) in [6.45, 7) is 1.60. The number of hydroxylamine groups is 6. The summed E-state index contributed by atoms with van der Waals surface area (Å²) in [6, 6.07) is 5.47. The normalized spacial score (nSPS) is 13.2. The number of halogens is 1. The molecule has 9 nitrogen and oxygen atoms in total. The number of ketones is 1. The van der Waals surface area contributed by atoms with Gasteiger partial charge in [0.15, 0.2) is 5.78 Å². The summed E-state index contributed by atoms with van der Waals surface area (Å²) in [5.41, 5.74) is 4.00. The summed E-state index contributed by atoms with van der Waals surface area (Å²) in [5.74, 6) is -0.0941. The Hall–Kier alpha value is -2.56. The van der Waals surface area contributed by atoms with Crippen molar-refractivity contribution in [3.05, 3.63) is 52.1 Å². The maximum Gasteiger partial charge on any atom is 0.196 e. The molecule has 0 aliphatic heterocycles. The molecular formula is C21H27ClN6O3. The van der Waals surface area contributed by atoms with Crippen LogP contribution in [0.3, 0.4) is 0 Å². The number of nitrogens with zero attached hydrogens (tertiary/aromatic N) is 5. The number of likely N-dealkylation sites (N-methyl/N-ethyl adjacent to an activating group) is 2. The minimum Gasteiger partial charge on any atom is -0.633 e. The SMILES string of the molecule is C[N+](C)([O-])CCNc1ccc2c3c(nn2CC[N+](C)(C)[O-])-c2cnccc2C(=O)c13.Cl. The maximum absolute atomic E-state index is 13.4. The summed E-state index contributed by atoms with van der Waals surface area (Å²) in [5, 5.41) is 32.7. The molecule has 1 aliphatic carbocycles. The molecule has 4 rings (SSSR count). The average molecular weight is 447 g/mol. The first-order chi connectivity index (χ1) is 14.1. The molecule has 3 aromatic rings. The van der Waals surface area contributed by atoms with E-state index >= 15 is 0 Å². The summed E-state index contributed by atoms with van der Waals surface area (Å²) < 4.78 is 0.950. The van der Waals surface area contributed by atoms with E-state index in [1.807, 2.05) is 12.1 Å². The topological polar surface area (TPSA) is 106 Å². The lowest BCUT2D eigenvalue weighted by molar-refractivity contribution is -0.840. The van der Waals surface area contributed by atoms with Gasteiger partial charge < -0.3 is 25.0 Å². The van der Waals surface area contributed by atoms with Crippen molar-refractivity contribution in [1.82, 2.24) is 14.8 Å². The van der Waals surface area contributed by atoms with Crippen molar-refractivity contribution in [1.29, 1.82) is 0 Å². The maximum atomic E-state index is 13.4. The van der Waals surface area contributed by atoms with Crippen molar-refractivity contribution < 1.29 is 14.1 Å². The van der Waals surface area contributed by atoms with Gasteiger partial charge in [0.05, 0.1) is 65.4 Å². The van der Waals surface area contributed by atoms with Crippen LogP contribution in [0.2, 0.25) is 0 Å². The van der Waals surface area contributed by atoms with Crippen LogP contribution in [0.15, 0.2) is 30.6 Å². The number of benzene rings is 1. The highest BCUT2D eigenvalue weighted by atomic mass is 35.5. The van der Waals surface area contributed by atoms with E-state index in [1.54, 1.807) is 51.3 Å². The van der Waals surface area contributed by atoms with Gasteiger partial charge in [0.25, 0.3) is 0 Å². The summed E-state index contributed by atoms with van der Waals surface area (Å²) in [6.07, 6.45) is 3.26. The van der Waals surface area contributed by atoms with Gasteiger partial charge in [-0.1, -0.05) is 0 Å². The van der Waals surface area contributed by atoms with Crippen molar-refractivity contribution >= 4 is 34.8 Å². The summed E-state index contributed by atoms with van der Waals surface area (Å²) in [4.78, 5) is 17.6. The van der Waals surface area contributed by atoms with E-state index in [-0.39, 0.29) is 18.2 Å². The van der Waals surface area contributed by atoms with Gasteiger partial charge in [0.2, 0.25) is 0 Å². The highest BCUT2D eigenvalue weighted by Gasteiger charge is 2.31. The first-order valence-corrected chi connectivity index (χ1v) is 9.90. The molecule has 1 N–H and O–H groups in total. The summed E-state index contributed by atoms with van der Waals surface area (Å²) >= 11 is 0. The number of rotatable bonds is 7. The Kier molecular flexibility index (Phi) is 6.09. The number of nitrogens with one attached hydrogen (secondary N) is 1. The van der Waals surface area contributed by atoms with Crippen molar-refractivity contribution in [2.45, 2.75) is 6.54 Å². The van der Waals surface area contributed by atoms with Crippen molar-refractivity contribution in [2.75, 3.05) is 53.1 Å². The molecule has 0 unspecified atom stereocenters. The molecule has 2 aromatic heterocycles. The Balaban J connectivity index is 0.00000272. The third-order valence-electron chi connectivity index (χ3n) is 5.28. The Bertz CT molecular complexity index is 1130. The second-order valence-corrected chi connectivity index (χ2v) is 8.73. The number of fused-ring (bicyclic) bond motifs is 2. The van der Waals surface area contributed by atoms with Gasteiger partial charge in [-0.05, 0) is 18.2 Å². The van der Waals surface area contributed by atoms with Crippen molar-refractivity contribution in [3.8, 4) is 11.3 Å². The quantitative estimate of drug-likeness (QED) is 0.345. The van der Waals surface area contributed by atoms with E-state index in [2.05, 4.69) is 10.3 Å². The molecule has 31 heavy (non-hydrogen) atoms. The van der Waals surface area contributed by atoms with Crippen LogP contribution in [0.1, 0.15) is 15.9 Å². The molecule has 10 heteroatoms. The molecule has 0 radical (unpaired) electrons. The van der Waals surface area contributed by atoms with Gasteiger partial charge in [-0.15, -0.1) is 12.4 Å². The largest absolute Gasteiger partial charge is 0.633 e. The van der Waals surface area contributed by atoms with Crippen LogP contribution in [0, 0.1) is 10.4 Å². The molecule has 1 aliphatic rings. The van der Waals surface area contributed by atoms with E-state index in [0.717, 1.165) is 10.9 Å². The highest BCUT2D eigenvalue weighted by molar-refractivity contribution is 6.27. The number of hydrogen-bond donors (Lipinski definition) is 1. The lowest BCUT2D eigenvalue weighted by atomic mass is 9.87. The zero-order chi connectivity index (χ0) is 21.7. The standard InChI is InChI=1S/C21H26N6O3.ClH/c1-26(2,29)11-9-23-16-5-6-17-19-18(16)21(28)14-7-8-22-13-15(14)20(19)24-25(17)10-12-27(3,4)30;/h5-8,13,23H,9-12H2,1-4H3;1H. The van der Waals surface area contributed by atoms with Gasteiger partial charge in [0.1, 0.15) is 5.69 Å². The predicted molar refractivity (Wildman–Crippen MR) is 123 cm³/mol. The predicted octanol–water partition coefficient (Wildman–Crippen LogP) is 2.62. The van der Waals surface area contributed by atoms with Crippen LogP contribution in [0.25, 0.3) is 22.2 Å². The van der Waals surface area contributed by atoms with Gasteiger partial charge in [-0.25, -0.2) is 0 Å². The number of quaternary nitrogens is 2. The van der Waals surface area contributed by atoms with E-state index in [4.69, 9.17) is 5.10 Å². The van der Waals surface area contributed by atoms with Gasteiger partial charge in [0, 0.05) is 34.6 Å². The van der Waals surface area contributed by atoms with Gasteiger partial charge in [-0.3, -0.25) is 14.5 Å². The molecule has 0 amide bonds. The van der Waals surface area contributed by atoms with E-state index in [1.165, 1.54) is 0 Å². The number of anilines is 1. The van der Waals surface area contributed by atoms with Gasteiger partial charge in [-0.2, -0.15) is 5.10 Å². The first-order valence-electron chi connectivity index (χ1n) is 9.90. The van der Waals surface area contributed by atoms with Crippen LogP contribution < -0.4 is 5.32 Å². The molecule has 0 saturated carbocycles. The lowest BCUT2D eigenvalue weighted by Gasteiger charge is -2.34. The molecule has 0 fully saturated rings. The van der Waals surface area contributed by atoms with Crippen LogP contribution in [-0.4, -0.2) is 77.7 Å². The smallest absolute Gasteiger partial charge is 0.196 e. The zero-order valence-corrected chi connectivity index (χ0v) is 18.9. The third-order valence-corrected chi connectivity index (χ3v) is 5.28. The van der Waals surface area contributed by atoms with Crippen LogP contribution in [0.5, 0.6) is 0 Å². The van der Waals surface area contributed by atoms with Crippen LogP contribution >= 0.6 is 12.4 Å². The molecule has 1 aromatic carbocycles. The number of pyridine rings is 1. The fourth-order valence-electron chi connectivity index (χ4n) is 3.72. The monoisotopic (exact) mass is 446 g/mol. The molecule has 2 heterocycles. The third kappa shape index (κ3) is 4.56. The average Bonchev–Trinajstić information content (AvgIpc) is 3.03. The zero-order valence-electron chi connectivity index (χ0n) is 18.1. The number of hydrogen-bond acceptors (Lipinski definition) is 6. The molecule has 0 bridgehead atoms. The first kappa shape index (κ1) is 23.1. The second kappa shape index (κ2) is 8.18. The lowest BCUT2D eigenvalue weighted by Crippen LogP contribution is -2.36. The molecular weight excluding hydrogens is 420 g/mol. The number of carbonyl (C=O) groups is 1. The number of carbonyl (C=O) groups excluding carboxylic acids is 1. The fourth-order valence-corrected chi connectivity index (χ4v) is 3.72. The van der Waals surface area contributed by atoms with Crippen LogP contribution in [-0.2, 0) is 6.54 Å². The van der Waals surface area contributed by atoms with Crippen molar-refractivity contribution in [3.63, 3.8) is 0 Å². The Morgan fingerprint density at radius 3 is 2.42 bits per heavy atom. The Morgan fingerprint density at radius 2 is 1.74 bits per heavy atom. The highest BCUT2D eigenvalue weighted by Crippen LogP contribution is 2.41. The minimum atomic E-state index is -0.427. The second-order valence-electron chi connectivity index (χ2n) is 8.73. The molecule has 166 valence electrons. The minimum absolute atomic E-state index is 0. The fraction of sp³-hybridized carbons (Fsp3) is 0.381. The molecule has 0 spiro atoms. The Labute approximate surface area is 187 Å². The van der Waals surface area contributed by atoms with E-state index < -0.39 is 9.29 Å². The van der Waals surface area contributed by atoms with Gasteiger partial charge >= 0.3 is 0 Å². The van der Waals surface area contributed by atoms with E-state index in [9.17, 15) is 15.2 Å².